The summed E-state index contributed by atoms with van der Waals surface area (Å²) in [5.41, 5.74) is 3.31. The smallest absolute Gasteiger partial charge is 0.254 e. The fraction of sp³-hybridized carbons (Fsp3) is 0.562. The van der Waals surface area contributed by atoms with E-state index in [1.54, 1.807) is 0 Å². The number of fused-ring (bicyclic) bond motifs is 2. The second kappa shape index (κ2) is 4.93. The highest BCUT2D eigenvalue weighted by molar-refractivity contribution is 9.09. The highest BCUT2D eigenvalue weighted by atomic mass is 79.9. The number of halogens is 1. The van der Waals surface area contributed by atoms with Crippen molar-refractivity contribution in [3.05, 3.63) is 34.9 Å². The van der Waals surface area contributed by atoms with E-state index in [4.69, 9.17) is 0 Å². The quantitative estimate of drug-likeness (QED) is 0.720. The third-order valence-electron chi connectivity index (χ3n) is 4.66. The number of nitrogens with zero attached hydrogens (tertiary/aromatic N) is 1. The summed E-state index contributed by atoms with van der Waals surface area (Å²) in [7, 11) is 0. The predicted octanol–water partition coefficient (Wildman–Crippen LogP) is 3.83. The van der Waals surface area contributed by atoms with Crippen LogP contribution >= 0.6 is 15.9 Å². The second-order valence-electron chi connectivity index (χ2n) is 5.97. The minimum Gasteiger partial charge on any atom is -0.333 e. The number of rotatable bonds is 1. The van der Waals surface area contributed by atoms with E-state index in [0.29, 0.717) is 16.9 Å². The summed E-state index contributed by atoms with van der Waals surface area (Å²) >= 11 is 3.73. The van der Waals surface area contributed by atoms with Crippen LogP contribution in [0.4, 0.5) is 0 Å². The van der Waals surface area contributed by atoms with Crippen LogP contribution in [-0.4, -0.2) is 27.7 Å². The molecule has 2 saturated heterocycles. The van der Waals surface area contributed by atoms with Gasteiger partial charge in [0.1, 0.15) is 0 Å². The number of hydrogen-bond acceptors (Lipinski definition) is 1. The van der Waals surface area contributed by atoms with E-state index in [9.17, 15) is 4.79 Å². The molecule has 102 valence electrons. The van der Waals surface area contributed by atoms with Gasteiger partial charge in [-0.15, -0.1) is 0 Å². The van der Waals surface area contributed by atoms with Crippen LogP contribution in [0.25, 0.3) is 0 Å². The average molecular weight is 322 g/mol. The molecule has 2 aliphatic rings. The molecule has 19 heavy (non-hydrogen) atoms. The number of aryl methyl sites for hydroxylation is 2. The first-order valence-electron chi connectivity index (χ1n) is 7.10. The monoisotopic (exact) mass is 321 g/mol. The minimum absolute atomic E-state index is 0.231. The first kappa shape index (κ1) is 13.2. The van der Waals surface area contributed by atoms with Crippen LogP contribution in [0.1, 0.15) is 47.2 Å². The molecule has 2 fully saturated rings. The molecular formula is C16H20BrNO. The average Bonchev–Trinajstić information content (AvgIpc) is 2.64. The maximum atomic E-state index is 12.7. The van der Waals surface area contributed by atoms with Gasteiger partial charge in [0.2, 0.25) is 0 Å². The van der Waals surface area contributed by atoms with Crippen LogP contribution < -0.4 is 0 Å². The van der Waals surface area contributed by atoms with Gasteiger partial charge in [-0.1, -0.05) is 22.0 Å². The Morgan fingerprint density at radius 2 is 1.79 bits per heavy atom. The molecule has 1 aromatic rings. The largest absolute Gasteiger partial charge is 0.333 e. The molecular weight excluding hydrogens is 302 g/mol. The van der Waals surface area contributed by atoms with E-state index in [0.717, 1.165) is 18.4 Å². The molecule has 2 aliphatic heterocycles. The van der Waals surface area contributed by atoms with Crippen molar-refractivity contribution in [1.82, 2.24) is 4.90 Å². The number of benzene rings is 1. The summed E-state index contributed by atoms with van der Waals surface area (Å²) < 4.78 is 0. The molecule has 0 N–H and O–H groups in total. The molecule has 3 heteroatoms. The maximum absolute atomic E-state index is 12.7. The van der Waals surface area contributed by atoms with E-state index in [1.807, 2.05) is 12.1 Å². The first-order valence-corrected chi connectivity index (χ1v) is 8.02. The maximum Gasteiger partial charge on any atom is 0.254 e. The number of carbonyl (C=O) groups excluding carboxylic acids is 1. The third-order valence-corrected chi connectivity index (χ3v) is 5.41. The summed E-state index contributed by atoms with van der Waals surface area (Å²) in [4.78, 5) is 15.5. The van der Waals surface area contributed by atoms with Crippen molar-refractivity contribution in [2.24, 2.45) is 0 Å². The molecule has 0 aromatic heterocycles. The molecule has 0 aliphatic carbocycles. The van der Waals surface area contributed by atoms with E-state index >= 15 is 0 Å². The molecule has 2 nitrogen and oxygen atoms in total. The van der Waals surface area contributed by atoms with E-state index in [2.05, 4.69) is 40.7 Å². The Bertz CT molecular complexity index is 499. The molecule has 2 atom stereocenters. The Hall–Kier alpha value is -0.830. The number of amides is 1. The van der Waals surface area contributed by atoms with Crippen molar-refractivity contribution in [3.63, 3.8) is 0 Å². The SMILES string of the molecule is Cc1ccc(C(=O)N2C3CCC2CC(Br)C3)cc1C. The Kier molecular flexibility index (Phi) is 3.42. The fourth-order valence-corrected chi connectivity index (χ4v) is 4.33. The number of piperidine rings is 1. The Morgan fingerprint density at radius 1 is 1.16 bits per heavy atom. The van der Waals surface area contributed by atoms with Crippen LogP contribution in [0.5, 0.6) is 0 Å². The standard InChI is InChI=1S/C16H20BrNO/c1-10-3-4-12(7-11(10)2)16(19)18-14-5-6-15(18)9-13(17)8-14/h3-4,7,13-15H,5-6,8-9H2,1-2H3. The topological polar surface area (TPSA) is 20.3 Å². The predicted molar refractivity (Wildman–Crippen MR) is 80.8 cm³/mol. The molecule has 3 rings (SSSR count). The van der Waals surface area contributed by atoms with Crippen molar-refractivity contribution in [2.75, 3.05) is 0 Å². The van der Waals surface area contributed by atoms with E-state index < -0.39 is 0 Å². The summed E-state index contributed by atoms with van der Waals surface area (Å²) in [6.07, 6.45) is 4.55. The van der Waals surface area contributed by atoms with Crippen molar-refractivity contribution in [3.8, 4) is 0 Å². The number of carbonyl (C=O) groups is 1. The number of hydrogen-bond donors (Lipinski definition) is 0. The zero-order chi connectivity index (χ0) is 13.6. The highest BCUT2D eigenvalue weighted by Crippen LogP contribution is 2.39. The summed E-state index contributed by atoms with van der Waals surface area (Å²) in [5.74, 6) is 0.231. The summed E-state index contributed by atoms with van der Waals surface area (Å²) in [6, 6.07) is 6.96. The van der Waals surface area contributed by atoms with Gasteiger partial charge in [-0.25, -0.2) is 0 Å². The van der Waals surface area contributed by atoms with Crippen molar-refractivity contribution in [2.45, 2.75) is 56.4 Å². The van der Waals surface area contributed by atoms with Crippen molar-refractivity contribution < 1.29 is 4.79 Å². The lowest BCUT2D eigenvalue weighted by Crippen LogP contribution is -2.46. The summed E-state index contributed by atoms with van der Waals surface area (Å²) in [6.45, 7) is 4.16. The lowest BCUT2D eigenvalue weighted by atomic mass is 10.00. The molecule has 1 aromatic carbocycles. The lowest BCUT2D eigenvalue weighted by molar-refractivity contribution is 0.0603. The zero-order valence-corrected chi connectivity index (χ0v) is 13.1. The van der Waals surface area contributed by atoms with Gasteiger partial charge in [0.25, 0.3) is 5.91 Å². The fourth-order valence-electron chi connectivity index (χ4n) is 3.47. The molecule has 0 radical (unpaired) electrons. The van der Waals surface area contributed by atoms with Crippen LogP contribution in [0.2, 0.25) is 0 Å². The third kappa shape index (κ3) is 2.33. The molecule has 2 bridgehead atoms. The van der Waals surface area contributed by atoms with E-state index in [1.165, 1.54) is 24.0 Å². The van der Waals surface area contributed by atoms with Crippen LogP contribution in [0, 0.1) is 13.8 Å². The van der Waals surface area contributed by atoms with Gasteiger partial charge in [0.15, 0.2) is 0 Å². The van der Waals surface area contributed by atoms with Crippen LogP contribution in [-0.2, 0) is 0 Å². The molecule has 1 amide bonds. The highest BCUT2D eigenvalue weighted by Gasteiger charge is 2.42. The minimum atomic E-state index is 0.231. The number of alkyl halides is 1. The van der Waals surface area contributed by atoms with Crippen LogP contribution in [0.3, 0.4) is 0 Å². The van der Waals surface area contributed by atoms with Crippen LogP contribution in [0.15, 0.2) is 18.2 Å². The Labute approximate surface area is 123 Å². The van der Waals surface area contributed by atoms with Gasteiger partial charge >= 0.3 is 0 Å². The zero-order valence-electron chi connectivity index (χ0n) is 11.5. The Morgan fingerprint density at radius 3 is 2.37 bits per heavy atom. The molecule has 0 saturated carbocycles. The van der Waals surface area contributed by atoms with Gasteiger partial charge in [-0.3, -0.25) is 4.79 Å². The van der Waals surface area contributed by atoms with Gasteiger partial charge < -0.3 is 4.90 Å². The van der Waals surface area contributed by atoms with Crippen molar-refractivity contribution >= 4 is 21.8 Å². The lowest BCUT2D eigenvalue weighted by Gasteiger charge is -2.37. The second-order valence-corrected chi connectivity index (χ2v) is 7.26. The Balaban J connectivity index is 1.86. The normalized spacial score (nSPS) is 29.6. The van der Waals surface area contributed by atoms with Gasteiger partial charge in [-0.05, 0) is 62.8 Å². The summed E-state index contributed by atoms with van der Waals surface area (Å²) in [5, 5.41) is 0. The van der Waals surface area contributed by atoms with Gasteiger partial charge in [-0.2, -0.15) is 0 Å². The first-order chi connectivity index (χ1) is 9.06. The van der Waals surface area contributed by atoms with Gasteiger partial charge in [0, 0.05) is 22.5 Å². The van der Waals surface area contributed by atoms with Crippen molar-refractivity contribution in [1.29, 1.82) is 0 Å². The molecule has 0 spiro atoms. The van der Waals surface area contributed by atoms with E-state index in [-0.39, 0.29) is 5.91 Å². The van der Waals surface area contributed by atoms with Gasteiger partial charge in [0.05, 0.1) is 0 Å². The molecule has 2 heterocycles. The molecule has 2 unspecified atom stereocenters.